The lowest BCUT2D eigenvalue weighted by Crippen LogP contribution is -2.24. The van der Waals surface area contributed by atoms with Crippen molar-refractivity contribution in [2.24, 2.45) is 0 Å². The van der Waals surface area contributed by atoms with Crippen LogP contribution in [0.15, 0.2) is 83.8 Å². The second-order valence-corrected chi connectivity index (χ2v) is 10.1. The Hall–Kier alpha value is -3.89. The van der Waals surface area contributed by atoms with Crippen molar-refractivity contribution >= 4 is 26.8 Å². The Morgan fingerprint density at radius 2 is 1.73 bits per heavy atom. The number of benzene rings is 4. The summed E-state index contributed by atoms with van der Waals surface area (Å²) in [5, 5.41) is 10.7. The molecule has 0 radical (unpaired) electrons. The number of alkyl halides is 3. The van der Waals surface area contributed by atoms with E-state index in [0.29, 0.717) is 11.1 Å². The smallest absolute Gasteiger partial charge is 0.416 e. The number of fused-ring (bicyclic) bond motifs is 1. The molecule has 4 aromatic carbocycles. The van der Waals surface area contributed by atoms with Crippen LogP contribution in [0.25, 0.3) is 21.9 Å². The first-order chi connectivity index (χ1) is 17.5. The summed E-state index contributed by atoms with van der Waals surface area (Å²) in [5.41, 5.74) is 0.494. The highest BCUT2D eigenvalue weighted by atomic mass is 32.2. The van der Waals surface area contributed by atoms with E-state index >= 15 is 0 Å². The van der Waals surface area contributed by atoms with Crippen molar-refractivity contribution < 1.29 is 36.2 Å². The lowest BCUT2D eigenvalue weighted by molar-refractivity contribution is -0.139. The summed E-state index contributed by atoms with van der Waals surface area (Å²) in [4.78, 5) is 11.1. The summed E-state index contributed by atoms with van der Waals surface area (Å²) in [6.07, 6.45) is -4.58. The van der Waals surface area contributed by atoms with Crippen LogP contribution >= 0.6 is 0 Å². The number of hydrogen-bond acceptors (Lipinski definition) is 4. The first kappa shape index (κ1) is 26.2. The minimum Gasteiger partial charge on any atom is -0.481 e. The number of aliphatic carboxylic acids is 1. The fourth-order valence-corrected chi connectivity index (χ4v) is 5.27. The standard InChI is InChI=1S/C27H22F3NO5S/c1-17-22-8-3-2-5-19(22)10-12-25(17)37(34,35)31-15-18-9-11-24(36-16-26(32)33)23(13-18)20-6-4-7-21(14-20)27(28,29)30/h2-14,31H,15-16H2,1H3,(H,32,33). The van der Waals surface area contributed by atoms with E-state index < -0.39 is 34.3 Å². The molecule has 0 aromatic heterocycles. The van der Waals surface area contributed by atoms with E-state index in [-0.39, 0.29) is 28.3 Å². The van der Waals surface area contributed by atoms with E-state index in [1.54, 1.807) is 13.0 Å². The molecule has 0 aliphatic carbocycles. The molecular weight excluding hydrogens is 507 g/mol. The van der Waals surface area contributed by atoms with Crippen LogP contribution in [0.2, 0.25) is 0 Å². The Balaban J connectivity index is 1.66. The van der Waals surface area contributed by atoms with Crippen molar-refractivity contribution in [3.63, 3.8) is 0 Å². The second kappa shape index (κ2) is 10.2. The van der Waals surface area contributed by atoms with Crippen LogP contribution in [0.5, 0.6) is 5.75 Å². The molecule has 4 aromatic rings. The molecule has 4 rings (SSSR count). The monoisotopic (exact) mass is 529 g/mol. The molecule has 0 aliphatic heterocycles. The first-order valence-corrected chi connectivity index (χ1v) is 12.6. The lowest BCUT2D eigenvalue weighted by Gasteiger charge is -2.15. The Morgan fingerprint density at radius 3 is 2.46 bits per heavy atom. The van der Waals surface area contributed by atoms with E-state index in [4.69, 9.17) is 9.84 Å². The van der Waals surface area contributed by atoms with Gasteiger partial charge in [0.15, 0.2) is 6.61 Å². The van der Waals surface area contributed by atoms with E-state index in [1.807, 2.05) is 24.3 Å². The minimum atomic E-state index is -4.58. The molecule has 0 unspecified atom stereocenters. The molecule has 6 nitrogen and oxygen atoms in total. The molecule has 0 fully saturated rings. The molecule has 0 saturated carbocycles. The third-order valence-corrected chi connectivity index (χ3v) is 7.35. The number of hydrogen-bond donors (Lipinski definition) is 2. The van der Waals surface area contributed by atoms with Gasteiger partial charge < -0.3 is 9.84 Å². The lowest BCUT2D eigenvalue weighted by atomic mass is 9.99. The minimum absolute atomic E-state index is 0.0544. The van der Waals surface area contributed by atoms with Crippen LogP contribution in [0.3, 0.4) is 0 Å². The average Bonchev–Trinajstić information content (AvgIpc) is 2.86. The molecule has 0 amide bonds. The van der Waals surface area contributed by atoms with Gasteiger partial charge in [0.1, 0.15) is 5.75 Å². The number of sulfonamides is 1. The molecule has 37 heavy (non-hydrogen) atoms. The summed E-state index contributed by atoms with van der Waals surface area (Å²) in [5.74, 6) is -1.20. The third-order valence-electron chi connectivity index (χ3n) is 5.80. The van der Waals surface area contributed by atoms with Gasteiger partial charge in [0.25, 0.3) is 0 Å². The van der Waals surface area contributed by atoms with Crippen LogP contribution in [-0.4, -0.2) is 26.1 Å². The van der Waals surface area contributed by atoms with Gasteiger partial charge in [-0.05, 0) is 64.7 Å². The molecule has 0 heterocycles. The van der Waals surface area contributed by atoms with Gasteiger partial charge in [-0.25, -0.2) is 17.9 Å². The maximum atomic E-state index is 13.3. The number of aryl methyl sites for hydroxylation is 1. The van der Waals surface area contributed by atoms with Gasteiger partial charge in [0.05, 0.1) is 10.5 Å². The van der Waals surface area contributed by atoms with Crippen molar-refractivity contribution in [2.45, 2.75) is 24.5 Å². The maximum absolute atomic E-state index is 13.3. The molecule has 0 aliphatic rings. The van der Waals surface area contributed by atoms with E-state index in [2.05, 4.69) is 4.72 Å². The van der Waals surface area contributed by atoms with Crippen molar-refractivity contribution in [1.29, 1.82) is 0 Å². The summed E-state index contributed by atoms with van der Waals surface area (Å²) in [6.45, 7) is 0.871. The van der Waals surface area contributed by atoms with Crippen molar-refractivity contribution in [3.05, 3.63) is 95.6 Å². The SMILES string of the molecule is Cc1c(S(=O)(=O)NCc2ccc(OCC(=O)O)c(-c3cccc(C(F)(F)F)c3)c2)ccc2ccccc12. The van der Waals surface area contributed by atoms with Crippen LogP contribution in [0.1, 0.15) is 16.7 Å². The highest BCUT2D eigenvalue weighted by molar-refractivity contribution is 7.89. The summed E-state index contributed by atoms with van der Waals surface area (Å²) in [7, 11) is -3.92. The van der Waals surface area contributed by atoms with Crippen molar-refractivity contribution in [2.75, 3.05) is 6.61 Å². The highest BCUT2D eigenvalue weighted by Gasteiger charge is 2.30. The van der Waals surface area contributed by atoms with Gasteiger partial charge in [-0.3, -0.25) is 0 Å². The zero-order valence-electron chi connectivity index (χ0n) is 19.5. The Labute approximate surface area is 211 Å². The summed E-state index contributed by atoms with van der Waals surface area (Å²) in [6, 6.07) is 19.6. The van der Waals surface area contributed by atoms with Gasteiger partial charge in [-0.1, -0.05) is 48.5 Å². The van der Waals surface area contributed by atoms with Crippen molar-refractivity contribution in [1.82, 2.24) is 4.72 Å². The van der Waals surface area contributed by atoms with E-state index in [1.165, 1.54) is 36.4 Å². The number of ether oxygens (including phenoxy) is 1. The third kappa shape index (κ3) is 5.92. The summed E-state index contributed by atoms with van der Waals surface area (Å²) >= 11 is 0. The predicted molar refractivity (Wildman–Crippen MR) is 133 cm³/mol. The molecule has 0 bridgehead atoms. The fraction of sp³-hybridized carbons (Fsp3) is 0.148. The van der Waals surface area contributed by atoms with Crippen molar-refractivity contribution in [3.8, 4) is 16.9 Å². The number of carboxylic acids is 1. The second-order valence-electron chi connectivity index (χ2n) is 8.33. The predicted octanol–water partition coefficient (Wildman–Crippen LogP) is 5.78. The van der Waals surface area contributed by atoms with Gasteiger partial charge >= 0.3 is 12.1 Å². The van der Waals surface area contributed by atoms with Gasteiger partial charge in [-0.15, -0.1) is 0 Å². The molecule has 192 valence electrons. The van der Waals surface area contributed by atoms with Crippen LogP contribution in [0, 0.1) is 6.92 Å². The maximum Gasteiger partial charge on any atom is 0.416 e. The molecule has 2 N–H and O–H groups in total. The van der Waals surface area contributed by atoms with Gasteiger partial charge in [-0.2, -0.15) is 13.2 Å². The number of nitrogens with one attached hydrogen (secondary N) is 1. The number of carboxylic acid groups (broad SMARTS) is 1. The zero-order valence-corrected chi connectivity index (χ0v) is 20.4. The number of carbonyl (C=O) groups is 1. The number of rotatable bonds is 8. The van der Waals surface area contributed by atoms with E-state index in [9.17, 15) is 26.4 Å². The molecule has 0 atom stereocenters. The Bertz CT molecular complexity index is 1580. The average molecular weight is 530 g/mol. The van der Waals surface area contributed by atoms with E-state index in [0.717, 1.165) is 22.9 Å². The van der Waals surface area contributed by atoms with Gasteiger partial charge in [0, 0.05) is 12.1 Å². The van der Waals surface area contributed by atoms with Crippen LogP contribution in [-0.2, 0) is 27.5 Å². The molecule has 0 saturated heterocycles. The fourth-order valence-electron chi connectivity index (χ4n) is 4.00. The Kier molecular flexibility index (Phi) is 7.24. The van der Waals surface area contributed by atoms with Gasteiger partial charge in [0.2, 0.25) is 10.0 Å². The largest absolute Gasteiger partial charge is 0.481 e. The first-order valence-electron chi connectivity index (χ1n) is 11.1. The summed E-state index contributed by atoms with van der Waals surface area (Å²) < 4.78 is 73.8. The zero-order chi connectivity index (χ0) is 26.8. The van der Waals surface area contributed by atoms with Crippen LogP contribution in [0.4, 0.5) is 13.2 Å². The van der Waals surface area contributed by atoms with Crippen LogP contribution < -0.4 is 9.46 Å². The molecule has 10 heteroatoms. The normalized spacial score (nSPS) is 12.0. The molecular formula is C27H22F3NO5S. The molecule has 0 spiro atoms. The Morgan fingerprint density at radius 1 is 0.973 bits per heavy atom. The number of halogens is 3. The highest BCUT2D eigenvalue weighted by Crippen LogP contribution is 2.36. The quantitative estimate of drug-likeness (QED) is 0.302. The topological polar surface area (TPSA) is 92.7 Å².